The van der Waals surface area contributed by atoms with Gasteiger partial charge in [-0.15, -0.1) is 0 Å². The van der Waals surface area contributed by atoms with E-state index in [2.05, 4.69) is 0 Å². The van der Waals surface area contributed by atoms with Gasteiger partial charge in [0.1, 0.15) is 5.75 Å². The summed E-state index contributed by atoms with van der Waals surface area (Å²) in [6.45, 7) is -1.39. The van der Waals surface area contributed by atoms with Crippen molar-refractivity contribution in [2.75, 3.05) is 31.3 Å². The molecule has 284 valence electrons. The van der Waals surface area contributed by atoms with Crippen LogP contribution in [0.25, 0.3) is 6.08 Å². The lowest BCUT2D eigenvalue weighted by molar-refractivity contribution is -0.284. The van der Waals surface area contributed by atoms with E-state index < -0.39 is 80.8 Å². The number of carbonyl (C=O) groups is 2. The summed E-state index contributed by atoms with van der Waals surface area (Å²) in [5.74, 6) is -12.4. The summed E-state index contributed by atoms with van der Waals surface area (Å²) < 4.78 is 149. The molecule has 52 heavy (non-hydrogen) atoms. The summed E-state index contributed by atoms with van der Waals surface area (Å²) in [5.41, 5.74) is 13.5. The fourth-order valence-corrected chi connectivity index (χ4v) is 4.23. The topological polar surface area (TPSA) is 123 Å². The summed E-state index contributed by atoms with van der Waals surface area (Å²) in [7, 11) is 0. The van der Waals surface area contributed by atoms with Crippen molar-refractivity contribution < 1.29 is 72.4 Å². The Morgan fingerprint density at radius 1 is 0.673 bits per heavy atom. The summed E-state index contributed by atoms with van der Waals surface area (Å²) >= 11 is 0. The predicted octanol–water partition coefficient (Wildman–Crippen LogP) is 8.58. The van der Waals surface area contributed by atoms with Crippen LogP contribution in [0, 0.1) is 0 Å². The molecule has 8 nitrogen and oxygen atoms in total. The first-order valence-corrected chi connectivity index (χ1v) is 15.3. The lowest BCUT2D eigenvalue weighted by Crippen LogP contribution is -2.36. The van der Waals surface area contributed by atoms with Gasteiger partial charge in [-0.1, -0.05) is 18.2 Å². The number of ether oxygens (including phenoxy) is 4. The molecule has 0 atom stereocenters. The fraction of sp³-hybridized carbons (Fsp3) is 0.353. The molecule has 0 radical (unpaired) electrons. The number of anilines is 2. The molecule has 0 aliphatic heterocycles. The van der Waals surface area contributed by atoms with Crippen LogP contribution in [-0.2, 0) is 16.0 Å². The van der Waals surface area contributed by atoms with Crippen molar-refractivity contribution in [1.82, 2.24) is 0 Å². The van der Waals surface area contributed by atoms with E-state index in [9.17, 15) is 53.5 Å². The smallest absolute Gasteiger partial charge is 0.453 e. The number of benzene rings is 3. The average Bonchev–Trinajstić information content (AvgIpc) is 3.05. The molecular formula is C34H32F10N2O6. The van der Waals surface area contributed by atoms with Crippen LogP contribution in [0.1, 0.15) is 47.2 Å². The molecule has 0 bridgehead atoms. The third-order valence-corrected chi connectivity index (χ3v) is 7.08. The molecule has 3 rings (SSSR count). The van der Waals surface area contributed by atoms with Gasteiger partial charge in [-0.05, 0) is 72.5 Å². The summed E-state index contributed by atoms with van der Waals surface area (Å²) in [6, 6.07) is 13.8. The van der Waals surface area contributed by atoms with Crippen LogP contribution in [0.15, 0.2) is 66.7 Å². The van der Waals surface area contributed by atoms with Gasteiger partial charge in [0.25, 0.3) is 0 Å². The van der Waals surface area contributed by atoms with Gasteiger partial charge < -0.3 is 30.4 Å². The molecule has 0 amide bonds. The second kappa shape index (κ2) is 17.4. The van der Waals surface area contributed by atoms with Crippen molar-refractivity contribution in [3.8, 4) is 17.2 Å². The minimum absolute atomic E-state index is 0.0218. The van der Waals surface area contributed by atoms with Crippen LogP contribution in [0.5, 0.6) is 17.2 Å². The lowest BCUT2D eigenvalue weighted by Gasteiger charge is -2.20. The van der Waals surface area contributed by atoms with E-state index in [-0.39, 0.29) is 23.7 Å². The Balaban J connectivity index is 1.61. The highest BCUT2D eigenvalue weighted by molar-refractivity contribution is 5.92. The maximum Gasteiger partial charge on any atom is 0.453 e. The summed E-state index contributed by atoms with van der Waals surface area (Å²) in [5, 5.41) is 0. The molecule has 0 aliphatic carbocycles. The standard InChI is InChI=1S/C34H32F10N2O6/c35-31(36,33(39,40)41)14-1-16-49-27-11-7-23(19-28(27)50-17-2-15-32(37,38)34(42,43)44)30(48)52-25-9-3-21(4-10-25)5-12-29(47)51-18-13-22-6-8-24(45)20-26(22)46/h3-12,19-20H,1-2,13-18,45-46H2/b12-5+. The van der Waals surface area contributed by atoms with Gasteiger partial charge >= 0.3 is 36.1 Å². The van der Waals surface area contributed by atoms with Crippen LogP contribution in [0.2, 0.25) is 0 Å². The van der Waals surface area contributed by atoms with E-state index >= 15 is 0 Å². The van der Waals surface area contributed by atoms with Crippen LogP contribution in [-0.4, -0.2) is 56.0 Å². The first-order chi connectivity index (χ1) is 24.2. The number of hydrogen-bond donors (Lipinski definition) is 2. The van der Waals surface area contributed by atoms with Crippen molar-refractivity contribution >= 4 is 29.4 Å². The number of hydrogen-bond acceptors (Lipinski definition) is 8. The number of esters is 2. The first-order valence-electron chi connectivity index (χ1n) is 15.3. The zero-order valence-corrected chi connectivity index (χ0v) is 27.0. The Morgan fingerprint density at radius 2 is 1.25 bits per heavy atom. The van der Waals surface area contributed by atoms with Gasteiger partial charge in [-0.3, -0.25) is 0 Å². The number of rotatable bonds is 17. The molecule has 0 spiro atoms. The zero-order valence-electron chi connectivity index (χ0n) is 27.0. The van der Waals surface area contributed by atoms with Crippen molar-refractivity contribution in [2.24, 2.45) is 0 Å². The number of carbonyl (C=O) groups excluding carboxylic acids is 2. The molecular weight excluding hydrogens is 722 g/mol. The fourth-order valence-electron chi connectivity index (χ4n) is 4.23. The number of nitrogens with two attached hydrogens (primary N) is 2. The van der Waals surface area contributed by atoms with Gasteiger partial charge in [0.2, 0.25) is 0 Å². The zero-order chi connectivity index (χ0) is 38.7. The van der Waals surface area contributed by atoms with Crippen LogP contribution >= 0.6 is 0 Å². The van der Waals surface area contributed by atoms with Crippen LogP contribution < -0.4 is 25.7 Å². The maximum absolute atomic E-state index is 13.3. The van der Waals surface area contributed by atoms with Crippen LogP contribution in [0.3, 0.4) is 0 Å². The Bertz CT molecular complexity index is 1690. The van der Waals surface area contributed by atoms with Crippen LogP contribution in [0.4, 0.5) is 55.3 Å². The van der Waals surface area contributed by atoms with E-state index in [1.165, 1.54) is 36.4 Å². The van der Waals surface area contributed by atoms with Crippen molar-refractivity contribution in [2.45, 2.75) is 56.3 Å². The van der Waals surface area contributed by atoms with E-state index in [0.717, 1.165) is 23.8 Å². The highest BCUT2D eigenvalue weighted by Gasteiger charge is 2.57. The van der Waals surface area contributed by atoms with Crippen molar-refractivity contribution in [3.63, 3.8) is 0 Å². The molecule has 3 aromatic rings. The minimum atomic E-state index is -5.81. The Labute approximate surface area is 290 Å². The van der Waals surface area contributed by atoms with Gasteiger partial charge in [0.05, 0.1) is 25.4 Å². The van der Waals surface area contributed by atoms with Gasteiger partial charge in [0, 0.05) is 36.7 Å². The second-order valence-electron chi connectivity index (χ2n) is 11.1. The van der Waals surface area contributed by atoms with Crippen molar-refractivity contribution in [1.29, 1.82) is 0 Å². The SMILES string of the molecule is Nc1ccc(CCOC(=O)/C=C/c2ccc(OC(=O)c3ccc(OCCCC(F)(F)C(F)(F)F)c(OCCCC(F)(F)C(F)(F)F)c3)cc2)c(N)c1. The molecule has 4 N–H and O–H groups in total. The molecule has 0 unspecified atom stereocenters. The maximum atomic E-state index is 13.3. The van der Waals surface area contributed by atoms with E-state index in [0.29, 0.717) is 23.4 Å². The third kappa shape index (κ3) is 12.3. The van der Waals surface area contributed by atoms with E-state index in [1.807, 2.05) is 0 Å². The molecule has 18 heteroatoms. The number of nitrogen functional groups attached to an aromatic ring is 2. The molecule has 0 heterocycles. The monoisotopic (exact) mass is 754 g/mol. The normalized spacial score (nSPS) is 12.5. The lowest BCUT2D eigenvalue weighted by atomic mass is 10.1. The number of alkyl halides is 10. The summed E-state index contributed by atoms with van der Waals surface area (Å²) in [4.78, 5) is 24.9. The van der Waals surface area contributed by atoms with Gasteiger partial charge in [-0.25, -0.2) is 9.59 Å². The Morgan fingerprint density at radius 3 is 1.81 bits per heavy atom. The summed E-state index contributed by atoms with van der Waals surface area (Å²) in [6.07, 6.45) is -13.5. The highest BCUT2D eigenvalue weighted by Crippen LogP contribution is 2.40. The minimum Gasteiger partial charge on any atom is -0.490 e. The highest BCUT2D eigenvalue weighted by atomic mass is 19.4. The van der Waals surface area contributed by atoms with E-state index in [1.54, 1.807) is 18.2 Å². The Hall–Kier alpha value is -5.16. The second-order valence-corrected chi connectivity index (χ2v) is 11.1. The quantitative estimate of drug-likeness (QED) is 0.0351. The molecule has 0 aliphatic rings. The average molecular weight is 755 g/mol. The molecule has 3 aromatic carbocycles. The van der Waals surface area contributed by atoms with E-state index in [4.69, 9.17) is 30.4 Å². The molecule has 0 fully saturated rings. The van der Waals surface area contributed by atoms with Gasteiger partial charge in [0.15, 0.2) is 11.5 Å². The van der Waals surface area contributed by atoms with Gasteiger partial charge in [-0.2, -0.15) is 43.9 Å². The molecule has 0 saturated heterocycles. The molecule has 0 aromatic heterocycles. The predicted molar refractivity (Wildman–Crippen MR) is 168 cm³/mol. The largest absolute Gasteiger partial charge is 0.490 e. The first kappa shape index (κ1) is 41.3. The Kier molecular flexibility index (Phi) is 13.8. The van der Waals surface area contributed by atoms with Crippen molar-refractivity contribution in [3.05, 3.63) is 83.4 Å². The number of halogens is 10. The molecule has 0 saturated carbocycles. The third-order valence-electron chi connectivity index (χ3n) is 7.08.